The quantitative estimate of drug-likeness (QED) is 0.920. The van der Waals surface area contributed by atoms with Gasteiger partial charge >= 0.3 is 0 Å². The summed E-state index contributed by atoms with van der Waals surface area (Å²) in [5.74, 6) is -0.00113. The van der Waals surface area contributed by atoms with Crippen LogP contribution in [0.1, 0.15) is 12.5 Å². The van der Waals surface area contributed by atoms with Crippen molar-refractivity contribution >= 4 is 17.5 Å². The first kappa shape index (κ1) is 14.3. The lowest BCUT2D eigenvalue weighted by atomic mass is 9.88. The van der Waals surface area contributed by atoms with E-state index in [1.165, 1.54) is 6.07 Å². The van der Waals surface area contributed by atoms with Gasteiger partial charge in [0.1, 0.15) is 5.82 Å². The molecule has 19 heavy (non-hydrogen) atoms. The largest absolute Gasteiger partial charge is 0.341 e. The third-order valence-corrected chi connectivity index (χ3v) is 4.10. The molecule has 0 radical (unpaired) electrons. The fraction of sp³-hybridized carbons (Fsp3) is 0.500. The van der Waals surface area contributed by atoms with Crippen molar-refractivity contribution in [1.29, 1.82) is 0 Å². The Bertz CT molecular complexity index is 456. The molecule has 1 amide bonds. The lowest BCUT2D eigenvalue weighted by Crippen LogP contribution is -2.49. The van der Waals surface area contributed by atoms with Crippen molar-refractivity contribution in [3.8, 4) is 0 Å². The number of nitrogens with one attached hydrogen (secondary N) is 1. The molecule has 1 aromatic rings. The fourth-order valence-electron chi connectivity index (χ4n) is 2.21. The van der Waals surface area contributed by atoms with Crippen LogP contribution in [0.2, 0.25) is 5.02 Å². The molecule has 1 aliphatic heterocycles. The topological polar surface area (TPSA) is 32.3 Å². The lowest BCUT2D eigenvalue weighted by molar-refractivity contribution is -0.136. The summed E-state index contributed by atoms with van der Waals surface area (Å²) in [6.07, 6.45) is 0. The summed E-state index contributed by atoms with van der Waals surface area (Å²) in [5.41, 5.74) is 0.374. The zero-order valence-corrected chi connectivity index (χ0v) is 11.9. The predicted octanol–water partition coefficient (Wildman–Crippen LogP) is 2.29. The summed E-state index contributed by atoms with van der Waals surface area (Å²) in [5, 5.41) is 3.51. The fourth-order valence-corrected chi connectivity index (χ4v) is 2.44. The standard InChI is InChI=1S/C14H18ClFN2O/c1-9(10-6-17-7-10)14(19)18(2)8-11-12(15)4-3-5-13(11)16/h3-5,9-10,17H,6-8H2,1-2H3. The molecule has 104 valence electrons. The Morgan fingerprint density at radius 2 is 2.26 bits per heavy atom. The molecular weight excluding hydrogens is 267 g/mol. The predicted molar refractivity (Wildman–Crippen MR) is 73.4 cm³/mol. The van der Waals surface area contributed by atoms with Crippen LogP contribution in [0.15, 0.2) is 18.2 Å². The summed E-state index contributed by atoms with van der Waals surface area (Å²) in [4.78, 5) is 13.8. The maximum atomic E-state index is 13.7. The summed E-state index contributed by atoms with van der Waals surface area (Å²) < 4.78 is 13.7. The van der Waals surface area contributed by atoms with Crippen molar-refractivity contribution in [2.45, 2.75) is 13.5 Å². The molecular formula is C14H18ClFN2O. The number of amides is 1. The van der Waals surface area contributed by atoms with E-state index in [-0.39, 0.29) is 24.2 Å². The molecule has 1 atom stereocenters. The molecule has 1 N–H and O–H groups in total. The Balaban J connectivity index is 2.03. The van der Waals surface area contributed by atoms with Gasteiger partial charge in [-0.1, -0.05) is 24.6 Å². The first-order chi connectivity index (χ1) is 9.00. The average molecular weight is 285 g/mol. The van der Waals surface area contributed by atoms with E-state index >= 15 is 0 Å². The van der Waals surface area contributed by atoms with Crippen LogP contribution in [0, 0.1) is 17.7 Å². The van der Waals surface area contributed by atoms with Gasteiger partial charge in [-0.3, -0.25) is 4.79 Å². The number of carbonyl (C=O) groups excluding carboxylic acids is 1. The minimum Gasteiger partial charge on any atom is -0.341 e. The third-order valence-electron chi connectivity index (χ3n) is 3.74. The van der Waals surface area contributed by atoms with E-state index in [0.29, 0.717) is 16.5 Å². The maximum Gasteiger partial charge on any atom is 0.225 e. The summed E-state index contributed by atoms with van der Waals surface area (Å²) in [7, 11) is 1.69. The molecule has 0 saturated carbocycles. The van der Waals surface area contributed by atoms with Gasteiger partial charge in [-0.2, -0.15) is 0 Å². The van der Waals surface area contributed by atoms with Gasteiger partial charge < -0.3 is 10.2 Å². The van der Waals surface area contributed by atoms with Crippen LogP contribution >= 0.6 is 11.6 Å². The maximum absolute atomic E-state index is 13.7. The van der Waals surface area contributed by atoms with Gasteiger partial charge in [0.2, 0.25) is 5.91 Å². The first-order valence-electron chi connectivity index (χ1n) is 6.39. The Kier molecular flexibility index (Phi) is 4.42. The number of halogens is 2. The number of hydrogen-bond donors (Lipinski definition) is 1. The first-order valence-corrected chi connectivity index (χ1v) is 6.77. The molecule has 1 heterocycles. The number of carbonyl (C=O) groups is 1. The molecule has 1 aromatic carbocycles. The highest BCUT2D eigenvalue weighted by molar-refractivity contribution is 6.31. The van der Waals surface area contributed by atoms with Crippen LogP contribution < -0.4 is 5.32 Å². The van der Waals surface area contributed by atoms with E-state index in [0.717, 1.165) is 13.1 Å². The number of hydrogen-bond acceptors (Lipinski definition) is 2. The molecule has 1 fully saturated rings. The molecule has 2 rings (SSSR count). The lowest BCUT2D eigenvalue weighted by Gasteiger charge is -2.34. The van der Waals surface area contributed by atoms with Gasteiger partial charge in [-0.05, 0) is 31.1 Å². The van der Waals surface area contributed by atoms with Crippen LogP contribution in [0.3, 0.4) is 0 Å². The number of benzene rings is 1. The van der Waals surface area contributed by atoms with E-state index in [2.05, 4.69) is 5.32 Å². The second-order valence-electron chi connectivity index (χ2n) is 5.10. The van der Waals surface area contributed by atoms with Gasteiger partial charge in [0, 0.05) is 30.1 Å². The van der Waals surface area contributed by atoms with Crippen molar-refractivity contribution < 1.29 is 9.18 Å². The van der Waals surface area contributed by atoms with E-state index in [1.807, 2.05) is 6.92 Å². The van der Waals surface area contributed by atoms with Crippen LogP contribution in [-0.4, -0.2) is 30.9 Å². The zero-order chi connectivity index (χ0) is 14.0. The Hall–Kier alpha value is -1.13. The van der Waals surface area contributed by atoms with Gasteiger partial charge in [0.05, 0.1) is 0 Å². The second-order valence-corrected chi connectivity index (χ2v) is 5.51. The van der Waals surface area contributed by atoms with Crippen molar-refractivity contribution in [3.05, 3.63) is 34.6 Å². The monoisotopic (exact) mass is 284 g/mol. The Labute approximate surface area is 117 Å². The van der Waals surface area contributed by atoms with Crippen molar-refractivity contribution in [1.82, 2.24) is 10.2 Å². The van der Waals surface area contributed by atoms with Gasteiger partial charge in [-0.25, -0.2) is 4.39 Å². The van der Waals surface area contributed by atoms with Crippen LogP contribution in [0.5, 0.6) is 0 Å². The smallest absolute Gasteiger partial charge is 0.225 e. The van der Waals surface area contributed by atoms with E-state index in [1.54, 1.807) is 24.1 Å². The molecule has 1 aliphatic rings. The molecule has 1 unspecified atom stereocenters. The van der Waals surface area contributed by atoms with Crippen molar-refractivity contribution in [2.75, 3.05) is 20.1 Å². The minimum absolute atomic E-state index is 0.0332. The van der Waals surface area contributed by atoms with Crippen molar-refractivity contribution in [3.63, 3.8) is 0 Å². The Morgan fingerprint density at radius 3 is 2.79 bits per heavy atom. The summed E-state index contributed by atoms with van der Waals surface area (Å²) >= 11 is 5.97. The highest BCUT2D eigenvalue weighted by Crippen LogP contribution is 2.23. The summed E-state index contributed by atoms with van der Waals surface area (Å²) in [6, 6.07) is 4.56. The molecule has 0 bridgehead atoms. The van der Waals surface area contributed by atoms with Crippen LogP contribution in [-0.2, 0) is 11.3 Å². The van der Waals surface area contributed by atoms with Crippen LogP contribution in [0.4, 0.5) is 4.39 Å². The molecule has 3 nitrogen and oxygen atoms in total. The van der Waals surface area contributed by atoms with Gasteiger partial charge in [0.15, 0.2) is 0 Å². The van der Waals surface area contributed by atoms with E-state index in [4.69, 9.17) is 11.6 Å². The van der Waals surface area contributed by atoms with E-state index in [9.17, 15) is 9.18 Å². The molecule has 5 heteroatoms. The summed E-state index contributed by atoms with van der Waals surface area (Å²) in [6.45, 7) is 3.88. The molecule has 0 spiro atoms. The highest BCUT2D eigenvalue weighted by Gasteiger charge is 2.30. The van der Waals surface area contributed by atoms with Crippen molar-refractivity contribution in [2.24, 2.45) is 11.8 Å². The number of nitrogens with zero attached hydrogens (tertiary/aromatic N) is 1. The molecule has 0 aliphatic carbocycles. The Morgan fingerprint density at radius 1 is 1.58 bits per heavy atom. The highest BCUT2D eigenvalue weighted by atomic mass is 35.5. The molecule has 1 saturated heterocycles. The van der Waals surface area contributed by atoms with Crippen LogP contribution in [0.25, 0.3) is 0 Å². The van der Waals surface area contributed by atoms with Gasteiger partial charge in [0.25, 0.3) is 0 Å². The zero-order valence-electron chi connectivity index (χ0n) is 11.1. The number of rotatable bonds is 4. The SMILES string of the molecule is CC(C(=O)N(C)Cc1c(F)cccc1Cl)C1CNC1. The minimum atomic E-state index is -0.370. The second kappa shape index (κ2) is 5.88. The third kappa shape index (κ3) is 3.07. The van der Waals surface area contributed by atoms with Gasteiger partial charge in [-0.15, -0.1) is 0 Å². The molecule has 0 aromatic heterocycles. The normalized spacial score (nSPS) is 16.8. The van der Waals surface area contributed by atoms with E-state index < -0.39 is 0 Å². The average Bonchev–Trinajstić information content (AvgIpc) is 2.30.